The molecule has 112 valence electrons. The lowest BCUT2D eigenvalue weighted by Crippen LogP contribution is -2.20. The van der Waals surface area contributed by atoms with E-state index in [1.165, 1.54) is 0 Å². The Morgan fingerprint density at radius 3 is 2.81 bits per heavy atom. The molecular formula is C14H18ClN5O. The van der Waals surface area contributed by atoms with E-state index in [-0.39, 0.29) is 12.0 Å². The van der Waals surface area contributed by atoms with E-state index in [1.807, 2.05) is 43.1 Å². The van der Waals surface area contributed by atoms with Crippen molar-refractivity contribution in [3.8, 4) is 6.01 Å². The van der Waals surface area contributed by atoms with Crippen LogP contribution >= 0.6 is 11.6 Å². The van der Waals surface area contributed by atoms with Crippen LogP contribution in [-0.4, -0.2) is 28.6 Å². The zero-order valence-electron chi connectivity index (χ0n) is 12.1. The second-order valence-electron chi connectivity index (χ2n) is 4.61. The van der Waals surface area contributed by atoms with Crippen molar-refractivity contribution in [2.24, 2.45) is 0 Å². The van der Waals surface area contributed by atoms with Crippen LogP contribution in [0.25, 0.3) is 0 Å². The molecule has 1 heterocycles. The van der Waals surface area contributed by atoms with Gasteiger partial charge >= 0.3 is 6.01 Å². The smallest absolute Gasteiger partial charge is 0.323 e. The first-order valence-corrected chi connectivity index (χ1v) is 7.06. The summed E-state index contributed by atoms with van der Waals surface area (Å²) in [5, 5.41) is 0.697. The summed E-state index contributed by atoms with van der Waals surface area (Å²) in [5.41, 5.74) is 6.75. The van der Waals surface area contributed by atoms with Crippen LogP contribution in [0.1, 0.15) is 18.9 Å². The van der Waals surface area contributed by atoms with Crippen LogP contribution in [0.5, 0.6) is 6.01 Å². The van der Waals surface area contributed by atoms with Crippen molar-refractivity contribution in [3.63, 3.8) is 0 Å². The number of hydrogen-bond donors (Lipinski definition) is 1. The van der Waals surface area contributed by atoms with E-state index in [0.29, 0.717) is 24.1 Å². The fraction of sp³-hybridized carbons (Fsp3) is 0.357. The molecule has 0 unspecified atom stereocenters. The van der Waals surface area contributed by atoms with Crippen LogP contribution < -0.4 is 15.4 Å². The van der Waals surface area contributed by atoms with E-state index in [9.17, 15) is 0 Å². The van der Waals surface area contributed by atoms with Gasteiger partial charge in [0.25, 0.3) is 0 Å². The average Bonchev–Trinajstić information content (AvgIpc) is 2.44. The van der Waals surface area contributed by atoms with Crippen molar-refractivity contribution in [2.45, 2.75) is 19.9 Å². The van der Waals surface area contributed by atoms with Gasteiger partial charge in [0.15, 0.2) is 0 Å². The van der Waals surface area contributed by atoms with Crippen LogP contribution in [0.2, 0.25) is 5.02 Å². The number of nitrogen functional groups attached to an aromatic ring is 1. The summed E-state index contributed by atoms with van der Waals surface area (Å²) >= 11 is 5.98. The molecule has 0 fully saturated rings. The van der Waals surface area contributed by atoms with Crippen LogP contribution in [0, 0.1) is 0 Å². The van der Waals surface area contributed by atoms with E-state index in [1.54, 1.807) is 0 Å². The van der Waals surface area contributed by atoms with Crippen LogP contribution in [-0.2, 0) is 6.54 Å². The number of benzene rings is 1. The molecule has 0 radical (unpaired) electrons. The minimum absolute atomic E-state index is 0.143. The summed E-state index contributed by atoms with van der Waals surface area (Å²) in [6, 6.07) is 7.88. The molecule has 1 aromatic heterocycles. The topological polar surface area (TPSA) is 77.2 Å². The molecule has 0 aliphatic heterocycles. The van der Waals surface area contributed by atoms with Gasteiger partial charge in [-0.25, -0.2) is 0 Å². The molecule has 1 aromatic carbocycles. The number of ether oxygens (including phenoxy) is 1. The lowest BCUT2D eigenvalue weighted by molar-refractivity contribution is 0.292. The number of rotatable bonds is 6. The molecule has 0 amide bonds. The number of halogens is 1. The number of aromatic nitrogens is 3. The molecule has 0 spiro atoms. The van der Waals surface area contributed by atoms with Gasteiger partial charge in [-0.15, -0.1) is 0 Å². The molecule has 2 aromatic rings. The van der Waals surface area contributed by atoms with Gasteiger partial charge < -0.3 is 15.4 Å². The molecule has 0 aliphatic rings. The minimum atomic E-state index is 0.143. The second-order valence-corrected chi connectivity index (χ2v) is 5.05. The molecule has 2 N–H and O–H groups in total. The van der Waals surface area contributed by atoms with Crippen molar-refractivity contribution < 1.29 is 4.74 Å². The molecule has 6 nitrogen and oxygen atoms in total. The van der Waals surface area contributed by atoms with Gasteiger partial charge in [0, 0.05) is 18.6 Å². The summed E-state index contributed by atoms with van der Waals surface area (Å²) < 4.78 is 5.41. The lowest BCUT2D eigenvalue weighted by atomic mass is 10.2. The maximum atomic E-state index is 5.98. The zero-order valence-corrected chi connectivity index (χ0v) is 12.8. The van der Waals surface area contributed by atoms with E-state index in [0.717, 1.165) is 12.0 Å². The fourth-order valence-electron chi connectivity index (χ4n) is 1.77. The van der Waals surface area contributed by atoms with E-state index in [4.69, 9.17) is 22.1 Å². The third kappa shape index (κ3) is 4.46. The Balaban J connectivity index is 2.14. The molecule has 0 atom stereocenters. The van der Waals surface area contributed by atoms with Gasteiger partial charge in [-0.2, -0.15) is 15.0 Å². The van der Waals surface area contributed by atoms with Crippen LogP contribution in [0.15, 0.2) is 24.3 Å². The van der Waals surface area contributed by atoms with E-state index in [2.05, 4.69) is 15.0 Å². The lowest BCUT2D eigenvalue weighted by Gasteiger charge is -2.17. The maximum absolute atomic E-state index is 5.98. The van der Waals surface area contributed by atoms with Crippen molar-refractivity contribution in [1.82, 2.24) is 15.0 Å². The Labute approximate surface area is 128 Å². The first-order chi connectivity index (χ1) is 10.1. The Bertz CT molecular complexity index is 608. The quantitative estimate of drug-likeness (QED) is 0.883. The predicted molar refractivity (Wildman–Crippen MR) is 83.6 cm³/mol. The largest absolute Gasteiger partial charge is 0.463 e. The van der Waals surface area contributed by atoms with Crippen molar-refractivity contribution in [3.05, 3.63) is 34.9 Å². The summed E-state index contributed by atoms with van der Waals surface area (Å²) in [5.74, 6) is 0.609. The molecule has 2 rings (SSSR count). The highest BCUT2D eigenvalue weighted by Crippen LogP contribution is 2.17. The highest BCUT2D eigenvalue weighted by atomic mass is 35.5. The minimum Gasteiger partial charge on any atom is -0.463 e. The molecule has 21 heavy (non-hydrogen) atoms. The highest BCUT2D eigenvalue weighted by Gasteiger charge is 2.10. The molecule has 7 heteroatoms. The molecular weight excluding hydrogens is 290 g/mol. The van der Waals surface area contributed by atoms with Crippen molar-refractivity contribution in [1.29, 1.82) is 0 Å². The summed E-state index contributed by atoms with van der Waals surface area (Å²) in [6.07, 6.45) is 0.874. The Kier molecular flexibility index (Phi) is 5.16. The third-order valence-corrected chi connectivity index (χ3v) is 2.94. The SMILES string of the molecule is CCCOc1nc(N)nc(N(C)Cc2cccc(Cl)c2)n1. The third-order valence-electron chi connectivity index (χ3n) is 2.71. The first kappa shape index (κ1) is 15.3. The fourth-order valence-corrected chi connectivity index (χ4v) is 1.98. The van der Waals surface area contributed by atoms with Crippen LogP contribution in [0.4, 0.5) is 11.9 Å². The molecule has 0 saturated carbocycles. The Morgan fingerprint density at radius 2 is 2.10 bits per heavy atom. The zero-order chi connectivity index (χ0) is 15.2. The standard InChI is InChI=1S/C14H18ClN5O/c1-3-7-21-14-18-12(16)17-13(19-14)20(2)9-10-5-4-6-11(15)8-10/h4-6,8H,3,7,9H2,1-2H3,(H2,16,17,18,19). The summed E-state index contributed by atoms with van der Waals surface area (Å²) in [7, 11) is 1.87. The first-order valence-electron chi connectivity index (χ1n) is 6.68. The Hall–Kier alpha value is -2.08. The summed E-state index contributed by atoms with van der Waals surface area (Å²) in [4.78, 5) is 14.2. The van der Waals surface area contributed by atoms with Gasteiger partial charge in [0.2, 0.25) is 11.9 Å². The second kappa shape index (κ2) is 7.08. The van der Waals surface area contributed by atoms with Gasteiger partial charge in [0.05, 0.1) is 6.61 Å². The summed E-state index contributed by atoms with van der Waals surface area (Å²) in [6.45, 7) is 3.16. The van der Waals surface area contributed by atoms with E-state index < -0.39 is 0 Å². The van der Waals surface area contributed by atoms with Gasteiger partial charge in [-0.1, -0.05) is 30.7 Å². The number of hydrogen-bond acceptors (Lipinski definition) is 6. The Morgan fingerprint density at radius 1 is 1.29 bits per heavy atom. The average molecular weight is 308 g/mol. The number of anilines is 2. The molecule has 0 aliphatic carbocycles. The highest BCUT2D eigenvalue weighted by molar-refractivity contribution is 6.30. The molecule has 0 bridgehead atoms. The maximum Gasteiger partial charge on any atom is 0.323 e. The monoisotopic (exact) mass is 307 g/mol. The normalized spacial score (nSPS) is 10.4. The van der Waals surface area contributed by atoms with Crippen molar-refractivity contribution >= 4 is 23.5 Å². The van der Waals surface area contributed by atoms with Crippen molar-refractivity contribution in [2.75, 3.05) is 24.3 Å². The molecule has 0 saturated heterocycles. The van der Waals surface area contributed by atoms with E-state index >= 15 is 0 Å². The van der Waals surface area contributed by atoms with Crippen LogP contribution in [0.3, 0.4) is 0 Å². The number of nitrogens with zero attached hydrogens (tertiary/aromatic N) is 4. The van der Waals surface area contributed by atoms with Gasteiger partial charge in [-0.3, -0.25) is 0 Å². The predicted octanol–water partition coefficient (Wildman–Crippen LogP) is 2.53. The number of nitrogens with two attached hydrogens (primary N) is 1. The van der Waals surface area contributed by atoms with Gasteiger partial charge in [0.1, 0.15) is 0 Å². The van der Waals surface area contributed by atoms with Gasteiger partial charge in [-0.05, 0) is 24.1 Å².